The van der Waals surface area contributed by atoms with Crippen LogP contribution in [0.2, 0.25) is 0 Å². The molecule has 1 saturated heterocycles. The van der Waals surface area contributed by atoms with Crippen molar-refractivity contribution < 1.29 is 45.3 Å². The third-order valence-electron chi connectivity index (χ3n) is 5.05. The van der Waals surface area contributed by atoms with Crippen molar-refractivity contribution >= 4 is 34.3 Å². The number of hydrogen-bond donors (Lipinski definition) is 0. The van der Waals surface area contributed by atoms with Crippen molar-refractivity contribution in [2.75, 3.05) is 13.1 Å². The number of hydrogen-bond acceptors (Lipinski definition) is 6. The molecule has 0 unspecified atom stereocenters. The van der Waals surface area contributed by atoms with E-state index < -0.39 is 5.60 Å². The predicted molar refractivity (Wildman–Crippen MR) is 128 cm³/mol. The fraction of sp³-hybridized carbons (Fsp3) is 0.391. The van der Waals surface area contributed by atoms with Crippen LogP contribution in [-0.2, 0) is 4.74 Å². The van der Waals surface area contributed by atoms with E-state index in [4.69, 9.17) is 9.47 Å². The maximum Gasteiger partial charge on any atom is 1.00 e. The smallest absolute Gasteiger partial charge is 1.00 e. The number of benzene rings is 1. The van der Waals surface area contributed by atoms with E-state index >= 15 is 0 Å². The van der Waals surface area contributed by atoms with Crippen LogP contribution in [0.1, 0.15) is 40.6 Å². The summed E-state index contributed by atoms with van der Waals surface area (Å²) in [6.07, 6.45) is 2.96. The molecule has 168 valence electrons. The van der Waals surface area contributed by atoms with Crippen molar-refractivity contribution in [3.05, 3.63) is 45.7 Å². The van der Waals surface area contributed by atoms with E-state index in [1.54, 1.807) is 21.5 Å². The number of ether oxygens (including phenoxy) is 2. The van der Waals surface area contributed by atoms with Gasteiger partial charge >= 0.3 is 35.7 Å². The molecule has 0 aliphatic carbocycles. The molecule has 1 aliphatic rings. The normalized spacial score (nSPS) is 14.5. The van der Waals surface area contributed by atoms with Crippen molar-refractivity contribution in [2.24, 2.45) is 0 Å². The quantitative estimate of drug-likeness (QED) is 0.353. The van der Waals surface area contributed by atoms with Gasteiger partial charge in [-0.3, -0.25) is 0 Å². The molecule has 33 heavy (non-hydrogen) atoms. The van der Waals surface area contributed by atoms with Gasteiger partial charge in [-0.25, -0.2) is 9.31 Å². The number of halogens is 1. The summed E-state index contributed by atoms with van der Waals surface area (Å²) in [5.74, 6) is 0.531. The van der Waals surface area contributed by atoms with Crippen LogP contribution < -0.4 is 34.3 Å². The monoisotopic (exact) mass is 569 g/mol. The molecule has 1 amide bonds. The Morgan fingerprint density at radius 2 is 2.00 bits per heavy atom. The Bertz CT molecular complexity index is 1200. The number of aromatic nitrogens is 3. The molecule has 0 atom stereocenters. The van der Waals surface area contributed by atoms with Crippen molar-refractivity contribution in [2.45, 2.75) is 45.3 Å². The van der Waals surface area contributed by atoms with Gasteiger partial charge in [-0.1, -0.05) is 12.1 Å². The maximum absolute atomic E-state index is 12.2. The summed E-state index contributed by atoms with van der Waals surface area (Å²) in [6.45, 7) is 6.78. The topological polar surface area (TPSA) is 92.7 Å². The fourth-order valence-electron chi connectivity index (χ4n) is 3.53. The molecule has 3 heterocycles. The fourth-order valence-corrected chi connectivity index (χ4v) is 4.31. The first kappa shape index (κ1) is 25.7. The summed E-state index contributed by atoms with van der Waals surface area (Å²) in [6, 6.07) is 11.3. The Kier molecular flexibility index (Phi) is 8.26. The van der Waals surface area contributed by atoms with Gasteiger partial charge in [-0.15, -0.1) is 0 Å². The number of rotatable bonds is 3. The zero-order chi connectivity index (χ0) is 22.9. The van der Waals surface area contributed by atoms with Crippen LogP contribution in [0.5, 0.6) is 5.88 Å². The number of fused-ring (bicyclic) bond motifs is 1. The Morgan fingerprint density at radius 1 is 1.27 bits per heavy atom. The number of nitriles is 1. The Labute approximate surface area is 230 Å². The number of carbonyl (C=O) groups is 1. The molecule has 4 rings (SSSR count). The Morgan fingerprint density at radius 3 is 2.67 bits per heavy atom. The molecule has 0 spiro atoms. The van der Waals surface area contributed by atoms with E-state index in [-0.39, 0.29) is 43.2 Å². The zero-order valence-electron chi connectivity index (χ0n) is 20.2. The minimum Gasteiger partial charge on any atom is -1.00 e. The molecule has 0 N–H and O–H groups in total. The van der Waals surface area contributed by atoms with Gasteiger partial charge in [-0.05, 0) is 55.5 Å². The van der Waals surface area contributed by atoms with Crippen molar-refractivity contribution in [1.82, 2.24) is 19.5 Å². The molecule has 0 saturated carbocycles. The number of amides is 1. The summed E-state index contributed by atoms with van der Waals surface area (Å²) >= 11 is 2.23. The molecule has 8 nitrogen and oxygen atoms in total. The molecule has 1 aromatic carbocycles. The van der Waals surface area contributed by atoms with E-state index in [9.17, 15) is 10.1 Å². The van der Waals surface area contributed by atoms with Crippen LogP contribution in [0.3, 0.4) is 0 Å². The molecule has 3 aromatic rings. The molecule has 2 aromatic heterocycles. The largest absolute Gasteiger partial charge is 1.00 e. The summed E-state index contributed by atoms with van der Waals surface area (Å²) in [5.41, 5.74) is 2.44. The number of carbonyl (C=O) groups excluding carboxylic acids is 1. The van der Waals surface area contributed by atoms with Crippen LogP contribution in [0.15, 0.2) is 36.5 Å². The average molecular weight is 569 g/mol. The third kappa shape index (κ3) is 6.18. The van der Waals surface area contributed by atoms with E-state index in [0.29, 0.717) is 43.0 Å². The van der Waals surface area contributed by atoms with Crippen molar-refractivity contribution in [3.8, 4) is 23.2 Å². The first-order valence-corrected chi connectivity index (χ1v) is 11.5. The number of nitrogens with zero attached hydrogens (tertiary/aromatic N) is 5. The van der Waals surface area contributed by atoms with Gasteiger partial charge in [0.1, 0.15) is 17.4 Å². The standard InChI is InChI=1S/C23H24IN5O3.Na.H/c1-23(2,3)32-22(30)28-10-7-17(8-11-28)31-18-9-12-29-21(26-18)19(24)20(27-29)16-6-4-5-15(13-16)14-25;;/h4-6,9,12-13,17H,7-8,10-11H2,1-3H3;;/q;+1;-1. The van der Waals surface area contributed by atoms with Crippen LogP contribution in [0.4, 0.5) is 4.79 Å². The first-order chi connectivity index (χ1) is 15.2. The van der Waals surface area contributed by atoms with Crippen LogP contribution in [-0.4, -0.2) is 50.4 Å². The van der Waals surface area contributed by atoms with Gasteiger partial charge in [0.25, 0.3) is 0 Å². The predicted octanol–water partition coefficient (Wildman–Crippen LogP) is 1.77. The Hall–Kier alpha value is -1.87. The minimum atomic E-state index is -0.499. The van der Waals surface area contributed by atoms with Gasteiger partial charge in [0.05, 0.1) is 15.2 Å². The second-order valence-electron chi connectivity index (χ2n) is 8.67. The van der Waals surface area contributed by atoms with Gasteiger partial charge in [0.15, 0.2) is 5.65 Å². The number of piperidine rings is 1. The average Bonchev–Trinajstić information content (AvgIpc) is 3.09. The summed E-state index contributed by atoms with van der Waals surface area (Å²) in [5, 5.41) is 13.8. The molecule has 0 bridgehead atoms. The van der Waals surface area contributed by atoms with Crippen LogP contribution in [0.25, 0.3) is 16.9 Å². The summed E-state index contributed by atoms with van der Waals surface area (Å²) in [4.78, 5) is 18.6. The van der Waals surface area contributed by atoms with Crippen molar-refractivity contribution in [1.29, 1.82) is 5.26 Å². The molecular formula is C23H25IN5NaO3. The molecule has 1 aliphatic heterocycles. The summed E-state index contributed by atoms with van der Waals surface area (Å²) in [7, 11) is 0. The molecule has 1 fully saturated rings. The maximum atomic E-state index is 12.2. The minimum absolute atomic E-state index is 0. The third-order valence-corrected chi connectivity index (χ3v) is 6.04. The van der Waals surface area contributed by atoms with E-state index in [2.05, 4.69) is 38.7 Å². The van der Waals surface area contributed by atoms with Gasteiger partial charge in [-0.2, -0.15) is 15.3 Å². The van der Waals surface area contributed by atoms with E-state index in [1.165, 1.54) is 0 Å². The van der Waals surface area contributed by atoms with E-state index in [1.807, 2.05) is 45.2 Å². The van der Waals surface area contributed by atoms with Crippen LogP contribution in [0, 0.1) is 14.9 Å². The first-order valence-electron chi connectivity index (χ1n) is 10.4. The Balaban J connectivity index is 0.00000204. The SMILES string of the molecule is CC(C)(C)OC(=O)N1CCC(Oc2ccn3nc(-c4cccc(C#N)c4)c(I)c3n2)CC1.[H-].[Na+]. The van der Waals surface area contributed by atoms with Gasteiger partial charge in [0, 0.05) is 43.8 Å². The second kappa shape index (κ2) is 10.6. The second-order valence-corrected chi connectivity index (χ2v) is 9.75. The number of likely N-dealkylation sites (tertiary alicyclic amines) is 1. The van der Waals surface area contributed by atoms with Crippen LogP contribution >= 0.6 is 22.6 Å². The molecule has 0 radical (unpaired) electrons. The molecule has 10 heteroatoms. The van der Waals surface area contributed by atoms with Gasteiger partial charge < -0.3 is 15.8 Å². The van der Waals surface area contributed by atoms with Crippen molar-refractivity contribution in [3.63, 3.8) is 0 Å². The zero-order valence-corrected chi connectivity index (χ0v) is 23.4. The van der Waals surface area contributed by atoms with Gasteiger partial charge in [0.2, 0.25) is 5.88 Å². The van der Waals surface area contributed by atoms with E-state index in [0.717, 1.165) is 14.8 Å². The summed E-state index contributed by atoms with van der Waals surface area (Å²) < 4.78 is 14.2. The molecular weight excluding hydrogens is 544 g/mol.